The summed E-state index contributed by atoms with van der Waals surface area (Å²) in [4.78, 5) is 39.1. The van der Waals surface area contributed by atoms with E-state index in [9.17, 15) is 14.4 Å². The number of nitrogens with one attached hydrogen (secondary N) is 2. The molecule has 2 N–H and O–H groups in total. The van der Waals surface area contributed by atoms with Crippen LogP contribution in [-0.4, -0.2) is 56.5 Å². The van der Waals surface area contributed by atoms with E-state index in [-0.39, 0.29) is 19.3 Å². The van der Waals surface area contributed by atoms with E-state index in [0.29, 0.717) is 29.5 Å². The minimum absolute atomic E-state index is 0.0520. The Kier molecular flexibility index (Phi) is 6.71. The lowest BCUT2D eigenvalue weighted by Gasteiger charge is -2.28. The van der Waals surface area contributed by atoms with Gasteiger partial charge in [-0.05, 0) is 55.0 Å². The van der Waals surface area contributed by atoms with E-state index in [1.54, 1.807) is 47.4 Å². The third kappa shape index (κ3) is 4.91. The van der Waals surface area contributed by atoms with Gasteiger partial charge in [-0.2, -0.15) is 0 Å². The topological polar surface area (TPSA) is 106 Å². The number of ether oxygens (including phenoxy) is 3. The number of hydrogen-bond donors (Lipinski definition) is 2. The van der Waals surface area contributed by atoms with Crippen molar-refractivity contribution in [2.45, 2.75) is 19.1 Å². The van der Waals surface area contributed by atoms with Crippen LogP contribution in [0, 0.1) is 6.92 Å². The zero-order valence-electron chi connectivity index (χ0n) is 17.3. The van der Waals surface area contributed by atoms with Crippen LogP contribution < -0.4 is 15.5 Å². The molecule has 2 aromatic carbocycles. The second-order valence-corrected chi connectivity index (χ2v) is 7.81. The molecule has 4 rings (SSSR count). The van der Waals surface area contributed by atoms with Crippen molar-refractivity contribution < 1.29 is 28.6 Å². The van der Waals surface area contributed by atoms with E-state index in [1.807, 2.05) is 6.92 Å². The van der Waals surface area contributed by atoms with Gasteiger partial charge in [-0.15, -0.1) is 0 Å². The number of carbonyl (C=O) groups is 3. The summed E-state index contributed by atoms with van der Waals surface area (Å²) in [5.74, 6) is -1.11. The Morgan fingerprint density at radius 1 is 1.00 bits per heavy atom. The van der Waals surface area contributed by atoms with Crippen molar-refractivity contribution in [3.8, 4) is 0 Å². The quantitative estimate of drug-likeness (QED) is 0.710. The molecule has 2 saturated heterocycles. The SMILES string of the molecule is Cc1cc(NC(=O)C2OCOC2C(=O)Nc2ccc(Cl)cc2)ccc1N1CCOCC1=O. The van der Waals surface area contributed by atoms with Gasteiger partial charge < -0.3 is 29.7 Å². The molecular formula is C22H22ClN3O6. The van der Waals surface area contributed by atoms with Crippen LogP contribution in [0.4, 0.5) is 17.1 Å². The van der Waals surface area contributed by atoms with E-state index < -0.39 is 24.0 Å². The van der Waals surface area contributed by atoms with Crippen LogP contribution >= 0.6 is 11.6 Å². The van der Waals surface area contributed by atoms with Crippen molar-refractivity contribution >= 4 is 46.4 Å². The number of amides is 3. The van der Waals surface area contributed by atoms with Gasteiger partial charge in [0.1, 0.15) is 13.4 Å². The number of carbonyl (C=O) groups excluding carboxylic acids is 3. The molecule has 168 valence electrons. The summed E-state index contributed by atoms with van der Waals surface area (Å²) in [5, 5.41) is 5.98. The molecule has 0 radical (unpaired) electrons. The predicted molar refractivity (Wildman–Crippen MR) is 118 cm³/mol. The van der Waals surface area contributed by atoms with Crippen LogP contribution in [-0.2, 0) is 28.6 Å². The zero-order chi connectivity index (χ0) is 22.7. The normalized spacial score (nSPS) is 20.8. The van der Waals surface area contributed by atoms with E-state index in [2.05, 4.69) is 10.6 Å². The smallest absolute Gasteiger partial charge is 0.256 e. The molecule has 32 heavy (non-hydrogen) atoms. The van der Waals surface area contributed by atoms with Crippen LogP contribution in [0.5, 0.6) is 0 Å². The molecule has 2 unspecified atom stereocenters. The predicted octanol–water partition coefficient (Wildman–Crippen LogP) is 2.33. The maximum atomic E-state index is 12.8. The molecule has 0 aromatic heterocycles. The third-order valence-electron chi connectivity index (χ3n) is 5.14. The van der Waals surface area contributed by atoms with Crippen molar-refractivity contribution in [1.29, 1.82) is 0 Å². The summed E-state index contributed by atoms with van der Waals surface area (Å²) < 4.78 is 15.9. The highest BCUT2D eigenvalue weighted by Gasteiger charge is 2.40. The fourth-order valence-corrected chi connectivity index (χ4v) is 3.68. The van der Waals surface area contributed by atoms with Gasteiger partial charge in [0.2, 0.25) is 0 Å². The average Bonchev–Trinajstić information content (AvgIpc) is 3.27. The standard InChI is InChI=1S/C22H22ClN3O6/c1-13-10-16(6-7-17(13)26-8-9-30-11-18(26)27)25-22(29)20-19(31-12-32-20)21(28)24-15-4-2-14(23)3-5-15/h2-7,10,19-20H,8-9,11-12H2,1H3,(H,24,28)(H,25,29). The van der Waals surface area contributed by atoms with Gasteiger partial charge in [-0.25, -0.2) is 0 Å². The Morgan fingerprint density at radius 3 is 2.25 bits per heavy atom. The highest BCUT2D eigenvalue weighted by Crippen LogP contribution is 2.26. The number of benzene rings is 2. The molecule has 0 bridgehead atoms. The molecule has 3 amide bonds. The number of aryl methyl sites for hydroxylation is 1. The number of nitrogens with zero attached hydrogens (tertiary/aromatic N) is 1. The van der Waals surface area contributed by atoms with Crippen molar-refractivity contribution in [3.63, 3.8) is 0 Å². The maximum Gasteiger partial charge on any atom is 0.256 e. The summed E-state index contributed by atoms with van der Waals surface area (Å²) >= 11 is 5.85. The van der Waals surface area contributed by atoms with Gasteiger partial charge in [0.15, 0.2) is 12.2 Å². The van der Waals surface area contributed by atoms with Crippen molar-refractivity contribution in [3.05, 3.63) is 53.1 Å². The number of hydrogen-bond acceptors (Lipinski definition) is 6. The summed E-state index contributed by atoms with van der Waals surface area (Å²) in [6.45, 7) is 2.68. The lowest BCUT2D eigenvalue weighted by atomic mass is 10.1. The number of rotatable bonds is 5. The fourth-order valence-electron chi connectivity index (χ4n) is 3.56. The lowest BCUT2D eigenvalue weighted by molar-refractivity contribution is -0.131. The Hall–Kier alpha value is -2.98. The van der Waals surface area contributed by atoms with Gasteiger partial charge in [0, 0.05) is 28.6 Å². The molecule has 2 aliphatic rings. The fraction of sp³-hybridized carbons (Fsp3) is 0.318. The van der Waals surface area contributed by atoms with Gasteiger partial charge >= 0.3 is 0 Å². The van der Waals surface area contributed by atoms with Crippen molar-refractivity contribution in [2.24, 2.45) is 0 Å². The van der Waals surface area contributed by atoms with E-state index in [0.717, 1.165) is 11.3 Å². The minimum Gasteiger partial charge on any atom is -0.370 e. The lowest BCUT2D eigenvalue weighted by Crippen LogP contribution is -2.43. The van der Waals surface area contributed by atoms with Crippen LogP contribution in [0.2, 0.25) is 5.02 Å². The van der Waals surface area contributed by atoms with Crippen LogP contribution in [0.1, 0.15) is 5.56 Å². The first-order valence-corrected chi connectivity index (χ1v) is 10.4. The summed E-state index contributed by atoms with van der Waals surface area (Å²) in [5.41, 5.74) is 2.62. The molecule has 0 aliphatic carbocycles. The van der Waals surface area contributed by atoms with E-state index in [1.165, 1.54) is 0 Å². The molecule has 2 atom stereocenters. The van der Waals surface area contributed by atoms with Gasteiger partial charge in [-0.3, -0.25) is 14.4 Å². The van der Waals surface area contributed by atoms with Crippen molar-refractivity contribution in [2.75, 3.05) is 42.1 Å². The van der Waals surface area contributed by atoms with Gasteiger partial charge in [0.25, 0.3) is 17.7 Å². The highest BCUT2D eigenvalue weighted by atomic mass is 35.5. The van der Waals surface area contributed by atoms with Crippen LogP contribution in [0.3, 0.4) is 0 Å². The van der Waals surface area contributed by atoms with Crippen LogP contribution in [0.25, 0.3) is 0 Å². The third-order valence-corrected chi connectivity index (χ3v) is 5.39. The molecule has 0 saturated carbocycles. The van der Waals surface area contributed by atoms with E-state index in [4.69, 9.17) is 25.8 Å². The highest BCUT2D eigenvalue weighted by molar-refractivity contribution is 6.30. The Bertz CT molecular complexity index is 1030. The first-order chi connectivity index (χ1) is 15.4. The summed E-state index contributed by atoms with van der Waals surface area (Å²) in [7, 11) is 0. The van der Waals surface area contributed by atoms with Gasteiger partial charge in [-0.1, -0.05) is 11.6 Å². The van der Waals surface area contributed by atoms with Crippen LogP contribution in [0.15, 0.2) is 42.5 Å². The molecule has 2 aliphatic heterocycles. The number of anilines is 3. The maximum absolute atomic E-state index is 12.8. The first-order valence-electron chi connectivity index (χ1n) is 10.0. The molecule has 10 heteroatoms. The molecule has 9 nitrogen and oxygen atoms in total. The molecule has 0 spiro atoms. The number of halogens is 1. The Balaban J connectivity index is 1.41. The minimum atomic E-state index is -1.11. The van der Waals surface area contributed by atoms with E-state index >= 15 is 0 Å². The number of morpholine rings is 1. The summed E-state index contributed by atoms with van der Waals surface area (Å²) in [6, 6.07) is 11.8. The summed E-state index contributed by atoms with van der Waals surface area (Å²) in [6.07, 6.45) is -2.21. The molecular weight excluding hydrogens is 438 g/mol. The molecule has 2 heterocycles. The molecule has 2 fully saturated rings. The Labute approximate surface area is 189 Å². The largest absolute Gasteiger partial charge is 0.370 e. The molecule has 2 aromatic rings. The first kappa shape index (κ1) is 22.2. The van der Waals surface area contributed by atoms with Gasteiger partial charge in [0.05, 0.1) is 6.61 Å². The second-order valence-electron chi connectivity index (χ2n) is 7.38. The zero-order valence-corrected chi connectivity index (χ0v) is 18.1. The monoisotopic (exact) mass is 459 g/mol. The Morgan fingerprint density at radius 2 is 1.62 bits per heavy atom. The van der Waals surface area contributed by atoms with Crippen molar-refractivity contribution in [1.82, 2.24) is 0 Å². The average molecular weight is 460 g/mol. The second kappa shape index (κ2) is 9.66.